The van der Waals surface area contributed by atoms with Crippen LogP contribution in [-0.4, -0.2) is 24.8 Å². The molecule has 0 atom stereocenters. The number of benzene rings is 2. The second kappa shape index (κ2) is 7.41. The van der Waals surface area contributed by atoms with Crippen molar-refractivity contribution in [2.45, 2.75) is 20.3 Å². The van der Waals surface area contributed by atoms with Gasteiger partial charge >= 0.3 is 0 Å². The number of rotatable bonds is 5. The second-order valence-corrected chi connectivity index (χ2v) is 5.77. The minimum absolute atomic E-state index is 0.270. The molecule has 2 nitrogen and oxygen atoms in total. The van der Waals surface area contributed by atoms with Crippen molar-refractivity contribution in [1.29, 1.82) is 0 Å². The van der Waals surface area contributed by atoms with Gasteiger partial charge in [0.15, 0.2) is 0 Å². The molecule has 0 aliphatic carbocycles. The lowest BCUT2D eigenvalue weighted by molar-refractivity contribution is 0.552. The van der Waals surface area contributed by atoms with Gasteiger partial charge in [0.25, 0.3) is 0 Å². The average Bonchev–Trinajstić information content (AvgIpc) is 2.48. The van der Waals surface area contributed by atoms with E-state index in [0.29, 0.717) is 17.1 Å². The number of hydrogen-bond acceptors (Lipinski definition) is 1. The Morgan fingerprint density at radius 3 is 2.73 bits per heavy atom. The number of halogens is 2. The van der Waals surface area contributed by atoms with Crippen LogP contribution in [0.4, 0.5) is 10.1 Å². The molecule has 0 saturated carbocycles. The Labute approximate surface area is 136 Å². The third-order valence-electron chi connectivity index (χ3n) is 3.63. The zero-order chi connectivity index (χ0) is 16.1. The number of hydrogen-bond donors (Lipinski definition) is 0. The molecule has 0 amide bonds. The highest BCUT2D eigenvalue weighted by Crippen LogP contribution is 2.26. The van der Waals surface area contributed by atoms with E-state index in [1.807, 2.05) is 50.1 Å². The lowest BCUT2D eigenvalue weighted by Gasteiger charge is -2.12. The Balaban J connectivity index is 2.32. The fraction of sp³-hybridized carbons (Fsp3) is 0.278. The first kappa shape index (κ1) is 16.5. The molecule has 0 saturated heterocycles. The molecule has 0 bridgehead atoms. The molecule has 116 valence electrons. The van der Waals surface area contributed by atoms with Gasteiger partial charge in [0.2, 0.25) is 0 Å². The summed E-state index contributed by atoms with van der Waals surface area (Å²) in [5.41, 5.74) is 3.63. The lowest BCUT2D eigenvalue weighted by atomic mass is 9.99. The van der Waals surface area contributed by atoms with E-state index in [1.165, 1.54) is 6.07 Å². The van der Waals surface area contributed by atoms with Gasteiger partial charge in [0.1, 0.15) is 5.82 Å². The molecule has 0 heterocycles. The molecule has 4 heteroatoms. The zero-order valence-electron chi connectivity index (χ0n) is 13.1. The molecule has 0 unspecified atom stereocenters. The Morgan fingerprint density at radius 2 is 2.05 bits per heavy atom. The van der Waals surface area contributed by atoms with Crippen LogP contribution in [0.3, 0.4) is 0 Å². The van der Waals surface area contributed by atoms with Crippen molar-refractivity contribution in [2.75, 3.05) is 13.6 Å². The van der Waals surface area contributed by atoms with Crippen LogP contribution in [0.25, 0.3) is 0 Å². The normalized spacial score (nSPS) is 11.1. The van der Waals surface area contributed by atoms with Crippen LogP contribution in [-0.2, 0) is 6.42 Å². The number of aliphatic imine (C=N–C) groups is 1. The standard InChI is InChI=1S/C18H20ClFN2/c1-4-22(3)12-21-18-11-17(20)10-15(13(18)2)8-14-6-5-7-16(19)9-14/h5-7,9-12H,4,8H2,1-3H3. The molecule has 0 spiro atoms. The SMILES string of the molecule is CCN(C)C=Nc1cc(F)cc(Cc2cccc(Cl)c2)c1C. The van der Waals surface area contributed by atoms with Gasteiger partial charge < -0.3 is 4.90 Å². The van der Waals surface area contributed by atoms with Crippen molar-refractivity contribution in [3.8, 4) is 0 Å². The summed E-state index contributed by atoms with van der Waals surface area (Å²) in [7, 11) is 1.94. The van der Waals surface area contributed by atoms with Gasteiger partial charge in [-0.05, 0) is 61.2 Å². The first-order chi connectivity index (χ1) is 10.5. The summed E-state index contributed by atoms with van der Waals surface area (Å²) in [5.74, 6) is -0.270. The van der Waals surface area contributed by atoms with Crippen LogP contribution >= 0.6 is 11.6 Å². The molecule has 2 aromatic carbocycles. The summed E-state index contributed by atoms with van der Waals surface area (Å²) in [6.45, 7) is 4.86. The summed E-state index contributed by atoms with van der Waals surface area (Å²) in [6.07, 6.45) is 2.36. The molecule has 2 rings (SSSR count). The fourth-order valence-corrected chi connectivity index (χ4v) is 2.36. The van der Waals surface area contributed by atoms with Crippen LogP contribution in [0, 0.1) is 12.7 Å². The van der Waals surface area contributed by atoms with Crippen molar-refractivity contribution < 1.29 is 4.39 Å². The van der Waals surface area contributed by atoms with Gasteiger partial charge in [0.05, 0.1) is 12.0 Å². The molecule has 0 N–H and O–H groups in total. The van der Waals surface area contributed by atoms with E-state index in [2.05, 4.69) is 4.99 Å². The highest BCUT2D eigenvalue weighted by molar-refractivity contribution is 6.30. The van der Waals surface area contributed by atoms with Gasteiger partial charge in [0, 0.05) is 18.6 Å². The predicted molar refractivity (Wildman–Crippen MR) is 91.9 cm³/mol. The Hall–Kier alpha value is -1.87. The maximum Gasteiger partial charge on any atom is 0.125 e. The van der Waals surface area contributed by atoms with Crippen LogP contribution in [0.1, 0.15) is 23.6 Å². The van der Waals surface area contributed by atoms with Crippen molar-refractivity contribution in [3.05, 3.63) is 63.9 Å². The van der Waals surface area contributed by atoms with E-state index in [4.69, 9.17) is 11.6 Å². The van der Waals surface area contributed by atoms with E-state index in [0.717, 1.165) is 23.2 Å². The van der Waals surface area contributed by atoms with Crippen molar-refractivity contribution >= 4 is 23.6 Å². The van der Waals surface area contributed by atoms with E-state index in [1.54, 1.807) is 12.4 Å². The fourth-order valence-electron chi connectivity index (χ4n) is 2.15. The molecule has 0 radical (unpaired) electrons. The highest BCUT2D eigenvalue weighted by atomic mass is 35.5. The first-order valence-corrected chi connectivity index (χ1v) is 7.65. The quantitative estimate of drug-likeness (QED) is 0.560. The summed E-state index contributed by atoms with van der Waals surface area (Å²) in [6, 6.07) is 10.7. The Morgan fingerprint density at radius 1 is 1.27 bits per heavy atom. The minimum atomic E-state index is -0.270. The summed E-state index contributed by atoms with van der Waals surface area (Å²) in [5, 5.41) is 0.689. The van der Waals surface area contributed by atoms with Crippen LogP contribution in [0.15, 0.2) is 41.4 Å². The smallest absolute Gasteiger partial charge is 0.125 e. The highest BCUT2D eigenvalue weighted by Gasteiger charge is 2.08. The van der Waals surface area contributed by atoms with E-state index in [-0.39, 0.29) is 5.82 Å². The third-order valence-corrected chi connectivity index (χ3v) is 3.86. The van der Waals surface area contributed by atoms with Gasteiger partial charge in [-0.15, -0.1) is 0 Å². The lowest BCUT2D eigenvalue weighted by Crippen LogP contribution is -2.14. The summed E-state index contributed by atoms with van der Waals surface area (Å²) < 4.78 is 13.9. The summed E-state index contributed by atoms with van der Waals surface area (Å²) >= 11 is 6.01. The third kappa shape index (κ3) is 4.31. The van der Waals surface area contributed by atoms with E-state index in [9.17, 15) is 4.39 Å². The largest absolute Gasteiger partial charge is 0.366 e. The van der Waals surface area contributed by atoms with Crippen molar-refractivity contribution in [2.24, 2.45) is 4.99 Å². The molecule has 0 aliphatic rings. The maximum atomic E-state index is 13.9. The molecular weight excluding hydrogens is 299 g/mol. The van der Waals surface area contributed by atoms with E-state index >= 15 is 0 Å². The molecular formula is C18H20ClFN2. The predicted octanol–water partition coefficient (Wildman–Crippen LogP) is 4.99. The zero-order valence-corrected chi connectivity index (χ0v) is 13.9. The molecule has 22 heavy (non-hydrogen) atoms. The second-order valence-electron chi connectivity index (χ2n) is 5.33. The monoisotopic (exact) mass is 318 g/mol. The van der Waals surface area contributed by atoms with Crippen molar-refractivity contribution in [1.82, 2.24) is 4.90 Å². The average molecular weight is 319 g/mol. The number of nitrogens with zero attached hydrogens (tertiary/aromatic N) is 2. The van der Waals surface area contributed by atoms with Gasteiger partial charge in [-0.2, -0.15) is 0 Å². The van der Waals surface area contributed by atoms with Crippen LogP contribution in [0.2, 0.25) is 5.02 Å². The molecule has 0 aromatic heterocycles. The van der Waals surface area contributed by atoms with E-state index < -0.39 is 0 Å². The minimum Gasteiger partial charge on any atom is -0.366 e. The maximum absolute atomic E-state index is 13.9. The molecule has 0 fully saturated rings. The first-order valence-electron chi connectivity index (χ1n) is 7.27. The molecule has 0 aliphatic heterocycles. The van der Waals surface area contributed by atoms with Crippen molar-refractivity contribution in [3.63, 3.8) is 0 Å². The topological polar surface area (TPSA) is 15.6 Å². The van der Waals surface area contributed by atoms with Gasteiger partial charge in [-0.1, -0.05) is 23.7 Å². The summed E-state index contributed by atoms with van der Waals surface area (Å²) in [4.78, 5) is 6.34. The van der Waals surface area contributed by atoms with Crippen LogP contribution in [0.5, 0.6) is 0 Å². The van der Waals surface area contributed by atoms with Gasteiger partial charge in [-0.3, -0.25) is 0 Å². The van der Waals surface area contributed by atoms with Gasteiger partial charge in [-0.25, -0.2) is 9.38 Å². The van der Waals surface area contributed by atoms with Crippen LogP contribution < -0.4 is 0 Å². The Bertz CT molecular complexity index is 683. The Kier molecular flexibility index (Phi) is 5.56. The molecule has 2 aromatic rings.